The number of aryl methyl sites for hydroxylation is 2. The van der Waals surface area contributed by atoms with E-state index in [0.717, 1.165) is 15.6 Å². The van der Waals surface area contributed by atoms with Crippen molar-refractivity contribution in [2.45, 2.75) is 27.4 Å². The van der Waals surface area contributed by atoms with Gasteiger partial charge in [0.1, 0.15) is 23.2 Å². The highest BCUT2D eigenvalue weighted by Crippen LogP contribution is 2.23. The van der Waals surface area contributed by atoms with Crippen molar-refractivity contribution in [1.29, 1.82) is 0 Å². The Hall–Kier alpha value is -1.75. The third kappa shape index (κ3) is 3.17. The number of ketones is 1. The van der Waals surface area contributed by atoms with Gasteiger partial charge in [0.25, 0.3) is 0 Å². The van der Waals surface area contributed by atoms with Gasteiger partial charge in [-0.05, 0) is 32.9 Å². The molecule has 1 heterocycles. The number of Topliss-reactive ketones (excluding diaryl/α,β-unsaturated/α-hetero) is 1. The lowest BCUT2D eigenvalue weighted by Crippen LogP contribution is -2.02. The number of carbonyl (C=O) groups excluding carboxylic acids is 1. The highest BCUT2D eigenvalue weighted by molar-refractivity contribution is 7.11. The zero-order valence-electron chi connectivity index (χ0n) is 11.0. The summed E-state index contributed by atoms with van der Waals surface area (Å²) in [5.74, 6) is -0.314. The van der Waals surface area contributed by atoms with Gasteiger partial charge in [-0.2, -0.15) is 0 Å². The van der Waals surface area contributed by atoms with Crippen LogP contribution in [-0.2, 0) is 6.61 Å². The van der Waals surface area contributed by atoms with Crippen molar-refractivity contribution < 1.29 is 13.9 Å². The maximum absolute atomic E-state index is 13.2. The Morgan fingerprint density at radius 2 is 2.16 bits per heavy atom. The predicted octanol–water partition coefficient (Wildman–Crippen LogP) is 3.68. The first kappa shape index (κ1) is 13.7. The molecule has 1 aromatic carbocycles. The molecule has 1 aromatic heterocycles. The molecule has 0 saturated carbocycles. The molecular weight excluding hydrogens is 265 g/mol. The van der Waals surface area contributed by atoms with E-state index in [1.54, 1.807) is 0 Å². The number of ether oxygens (including phenoxy) is 1. The molecule has 5 heteroatoms. The average Bonchev–Trinajstić information content (AvgIpc) is 2.66. The molecule has 0 bridgehead atoms. The first-order valence-corrected chi connectivity index (χ1v) is 6.65. The highest BCUT2D eigenvalue weighted by Gasteiger charge is 2.11. The molecule has 0 radical (unpaired) electrons. The third-order valence-electron chi connectivity index (χ3n) is 2.75. The topological polar surface area (TPSA) is 39.2 Å². The van der Waals surface area contributed by atoms with Gasteiger partial charge in [-0.15, -0.1) is 11.3 Å². The fourth-order valence-corrected chi connectivity index (χ4v) is 2.49. The van der Waals surface area contributed by atoms with Crippen LogP contribution in [0.25, 0.3) is 0 Å². The SMILES string of the molecule is CC(=O)c1ccc(F)cc1OCc1nc(C)c(C)s1. The number of rotatable bonds is 4. The van der Waals surface area contributed by atoms with Gasteiger partial charge in [-0.1, -0.05) is 0 Å². The molecule has 0 saturated heterocycles. The average molecular weight is 279 g/mol. The zero-order valence-corrected chi connectivity index (χ0v) is 11.8. The lowest BCUT2D eigenvalue weighted by atomic mass is 10.1. The maximum atomic E-state index is 13.2. The lowest BCUT2D eigenvalue weighted by molar-refractivity contribution is 0.101. The first-order chi connectivity index (χ1) is 8.97. The summed E-state index contributed by atoms with van der Waals surface area (Å²) in [6, 6.07) is 3.91. The Balaban J connectivity index is 2.19. The van der Waals surface area contributed by atoms with Crippen LogP contribution in [0.15, 0.2) is 18.2 Å². The van der Waals surface area contributed by atoms with Gasteiger partial charge < -0.3 is 4.74 Å². The minimum Gasteiger partial charge on any atom is -0.486 e. The van der Waals surface area contributed by atoms with Gasteiger partial charge in [0, 0.05) is 10.9 Å². The third-order valence-corrected chi connectivity index (χ3v) is 3.79. The first-order valence-electron chi connectivity index (χ1n) is 5.83. The molecule has 0 amide bonds. The van der Waals surface area contributed by atoms with Gasteiger partial charge in [-0.3, -0.25) is 4.79 Å². The minimum atomic E-state index is -0.425. The van der Waals surface area contributed by atoms with Crippen LogP contribution in [0.4, 0.5) is 4.39 Å². The molecule has 0 aliphatic heterocycles. The van der Waals surface area contributed by atoms with Gasteiger partial charge in [0.15, 0.2) is 5.78 Å². The zero-order chi connectivity index (χ0) is 14.0. The van der Waals surface area contributed by atoms with Crippen molar-refractivity contribution in [1.82, 2.24) is 4.98 Å². The number of halogens is 1. The summed E-state index contributed by atoms with van der Waals surface area (Å²) < 4.78 is 18.7. The Morgan fingerprint density at radius 1 is 1.42 bits per heavy atom. The Bertz CT molecular complexity index is 602. The number of benzene rings is 1. The molecule has 0 spiro atoms. The Kier molecular flexibility index (Phi) is 3.95. The van der Waals surface area contributed by atoms with E-state index in [2.05, 4.69) is 4.98 Å². The Labute approximate surface area is 115 Å². The molecule has 100 valence electrons. The van der Waals surface area contributed by atoms with E-state index in [-0.39, 0.29) is 18.1 Å². The largest absolute Gasteiger partial charge is 0.486 e. The predicted molar refractivity (Wildman–Crippen MR) is 72.3 cm³/mol. The summed E-state index contributed by atoms with van der Waals surface area (Å²) >= 11 is 1.54. The monoisotopic (exact) mass is 279 g/mol. The fourth-order valence-electron chi connectivity index (χ4n) is 1.65. The van der Waals surface area contributed by atoms with Crippen molar-refractivity contribution >= 4 is 17.1 Å². The minimum absolute atomic E-state index is 0.151. The van der Waals surface area contributed by atoms with E-state index in [4.69, 9.17) is 4.74 Å². The summed E-state index contributed by atoms with van der Waals surface area (Å²) in [5, 5.41) is 0.814. The van der Waals surface area contributed by atoms with E-state index >= 15 is 0 Å². The molecule has 0 unspecified atom stereocenters. The van der Waals surface area contributed by atoms with Gasteiger partial charge >= 0.3 is 0 Å². The van der Waals surface area contributed by atoms with E-state index in [9.17, 15) is 9.18 Å². The van der Waals surface area contributed by atoms with E-state index in [1.807, 2.05) is 13.8 Å². The van der Waals surface area contributed by atoms with Crippen LogP contribution in [0.2, 0.25) is 0 Å². The molecule has 19 heavy (non-hydrogen) atoms. The van der Waals surface area contributed by atoms with Crippen molar-refractivity contribution in [2.24, 2.45) is 0 Å². The second-order valence-electron chi connectivity index (χ2n) is 4.23. The molecule has 2 rings (SSSR count). The number of hydrogen-bond donors (Lipinski definition) is 0. The van der Waals surface area contributed by atoms with Crippen molar-refractivity contribution in [2.75, 3.05) is 0 Å². The van der Waals surface area contributed by atoms with Crippen molar-refractivity contribution in [3.63, 3.8) is 0 Å². The smallest absolute Gasteiger partial charge is 0.163 e. The molecular formula is C14H14FNO2S. The van der Waals surface area contributed by atoms with Crippen molar-refractivity contribution in [3.05, 3.63) is 45.2 Å². The van der Waals surface area contributed by atoms with Crippen molar-refractivity contribution in [3.8, 4) is 5.75 Å². The van der Waals surface area contributed by atoms with E-state index in [0.29, 0.717) is 5.56 Å². The van der Waals surface area contributed by atoms with Crippen LogP contribution in [0.1, 0.15) is 32.9 Å². The molecule has 0 N–H and O–H groups in total. The summed E-state index contributed by atoms with van der Waals surface area (Å²) in [6.45, 7) is 5.58. The van der Waals surface area contributed by atoms with Crippen LogP contribution in [0.3, 0.4) is 0 Å². The molecule has 0 atom stereocenters. The molecule has 0 aliphatic carbocycles. The Morgan fingerprint density at radius 3 is 2.74 bits per heavy atom. The summed E-state index contributed by atoms with van der Waals surface area (Å²) in [6.07, 6.45) is 0. The normalized spacial score (nSPS) is 10.5. The fraction of sp³-hybridized carbons (Fsp3) is 0.286. The van der Waals surface area contributed by atoms with Gasteiger partial charge in [0.2, 0.25) is 0 Å². The summed E-state index contributed by atoms with van der Waals surface area (Å²) in [4.78, 5) is 16.9. The standard InChI is InChI=1S/C14H14FNO2S/c1-8-10(3)19-14(16-8)7-18-13-6-11(15)4-5-12(13)9(2)17/h4-6H,7H2,1-3H3. The molecule has 3 nitrogen and oxygen atoms in total. The van der Waals surface area contributed by atoms with Crippen LogP contribution in [0, 0.1) is 19.7 Å². The van der Waals surface area contributed by atoms with Crippen LogP contribution < -0.4 is 4.74 Å². The van der Waals surface area contributed by atoms with E-state index in [1.165, 1.54) is 36.5 Å². The second-order valence-corrected chi connectivity index (χ2v) is 5.52. The lowest BCUT2D eigenvalue weighted by Gasteiger charge is -2.08. The second kappa shape index (κ2) is 5.48. The molecule has 0 aliphatic rings. The van der Waals surface area contributed by atoms with Gasteiger partial charge in [0.05, 0.1) is 11.3 Å². The number of carbonyl (C=O) groups is 1. The maximum Gasteiger partial charge on any atom is 0.163 e. The van der Waals surface area contributed by atoms with E-state index < -0.39 is 5.82 Å². The number of nitrogens with zero attached hydrogens (tertiary/aromatic N) is 1. The van der Waals surface area contributed by atoms with Crippen LogP contribution >= 0.6 is 11.3 Å². The van der Waals surface area contributed by atoms with Crippen LogP contribution in [-0.4, -0.2) is 10.8 Å². The highest BCUT2D eigenvalue weighted by atomic mass is 32.1. The van der Waals surface area contributed by atoms with Crippen LogP contribution in [0.5, 0.6) is 5.75 Å². The molecule has 0 fully saturated rings. The number of thiazole rings is 1. The number of hydrogen-bond acceptors (Lipinski definition) is 4. The molecule has 2 aromatic rings. The number of aromatic nitrogens is 1. The van der Waals surface area contributed by atoms with Gasteiger partial charge in [-0.25, -0.2) is 9.37 Å². The summed E-state index contributed by atoms with van der Waals surface area (Å²) in [7, 11) is 0. The summed E-state index contributed by atoms with van der Waals surface area (Å²) in [5.41, 5.74) is 1.35. The quantitative estimate of drug-likeness (QED) is 0.801.